The quantitative estimate of drug-likeness (QED) is 0.0194. The molecule has 0 spiro atoms. The standard InChI is InChI=1S/C64H60O18S2.C4H8O/c1-5-50(65)76-33-36(4)32-74-41-24-28-43(29-25-41)79-60(70)37-16-20-39(21-17-37)62(72)81-56-48-14-10-11-15-49(48)57(59-58(56)83-64(84-59)53-54(68)46-12-8-9-13-47(46)55(53)69)82-63(73)40-22-18-38(19-23-40)61(71)80-44-30-26-42(27-31-44)75-34-45(78-52(67)7-3)35-77-51(66)6-2;1-3-4(2)5/h5-6,8-15,24-31,36-40,45H,1-2,7,16-23,32-35H2,3-4H3;3H2,1-2H3. The van der Waals surface area contributed by atoms with Crippen molar-refractivity contribution in [2.75, 3.05) is 26.4 Å². The van der Waals surface area contributed by atoms with Gasteiger partial charge in [-0.25, -0.2) is 9.59 Å². The van der Waals surface area contributed by atoms with Crippen molar-refractivity contribution in [1.29, 1.82) is 0 Å². The summed E-state index contributed by atoms with van der Waals surface area (Å²) in [4.78, 5) is 129. The molecular formula is C68H68O19S2. The van der Waals surface area contributed by atoms with Gasteiger partial charge in [-0.1, -0.05) is 106 Å². The summed E-state index contributed by atoms with van der Waals surface area (Å²) in [7, 11) is 0. The number of carbonyl (C=O) groups is 10. The maximum absolute atomic E-state index is 14.3. The Hall–Kier alpha value is -8.82. The van der Waals surface area contributed by atoms with Crippen LogP contribution in [0.1, 0.15) is 113 Å². The van der Waals surface area contributed by atoms with E-state index in [0.717, 1.165) is 35.7 Å². The molecule has 9 rings (SSSR count). The average molecular weight is 1250 g/mol. The van der Waals surface area contributed by atoms with E-state index in [-0.39, 0.29) is 71.9 Å². The van der Waals surface area contributed by atoms with Crippen molar-refractivity contribution >= 4 is 93.4 Å². The van der Waals surface area contributed by atoms with E-state index >= 15 is 0 Å². The number of hydrogen-bond donors (Lipinski definition) is 0. The molecule has 2 atom stereocenters. The van der Waals surface area contributed by atoms with Gasteiger partial charge in [0.1, 0.15) is 42.0 Å². The number of carbonyl (C=O) groups excluding carboxylic acids is 10. The van der Waals surface area contributed by atoms with Crippen LogP contribution in [0.3, 0.4) is 0 Å². The Kier molecular flexibility index (Phi) is 23.3. The predicted octanol–water partition coefficient (Wildman–Crippen LogP) is 12.1. The Morgan fingerprint density at radius 2 is 0.876 bits per heavy atom. The first-order valence-electron chi connectivity index (χ1n) is 29.3. The fourth-order valence-corrected chi connectivity index (χ4v) is 12.7. The molecular weight excluding hydrogens is 1180 g/mol. The van der Waals surface area contributed by atoms with Crippen LogP contribution in [-0.2, 0) is 52.6 Å². The van der Waals surface area contributed by atoms with Crippen molar-refractivity contribution < 1.29 is 90.6 Å². The van der Waals surface area contributed by atoms with Crippen LogP contribution >= 0.6 is 23.5 Å². The topological polar surface area (TPSA) is 254 Å². The molecule has 0 radical (unpaired) electrons. The molecule has 89 heavy (non-hydrogen) atoms. The van der Waals surface area contributed by atoms with Crippen LogP contribution in [0, 0.1) is 29.6 Å². The molecule has 0 aromatic heterocycles. The van der Waals surface area contributed by atoms with E-state index in [1.807, 2.05) is 13.8 Å². The molecule has 2 fully saturated rings. The van der Waals surface area contributed by atoms with E-state index in [9.17, 15) is 47.9 Å². The Labute approximate surface area is 523 Å². The summed E-state index contributed by atoms with van der Waals surface area (Å²) >= 11 is 2.19. The Bertz CT molecular complexity index is 3520. The maximum Gasteiger partial charge on any atom is 0.330 e. The van der Waals surface area contributed by atoms with Crippen molar-refractivity contribution in [3.05, 3.63) is 143 Å². The van der Waals surface area contributed by atoms with Gasteiger partial charge < -0.3 is 47.4 Å². The molecule has 21 heteroatoms. The molecule has 466 valence electrons. The smallest absolute Gasteiger partial charge is 0.330 e. The van der Waals surface area contributed by atoms with Gasteiger partial charge in [0, 0.05) is 52.8 Å². The molecule has 4 aliphatic rings. The van der Waals surface area contributed by atoms with Crippen molar-refractivity contribution in [3.63, 3.8) is 0 Å². The summed E-state index contributed by atoms with van der Waals surface area (Å²) in [6.45, 7) is 13.8. The fourth-order valence-electron chi connectivity index (χ4n) is 9.95. The SMILES string of the molecule is C=CC(=O)OCC(C)COc1ccc(OC(=O)C2CCC(C(=O)Oc3c4c(c(OC(=O)C5CCC(C(=O)Oc6ccc(OCC(COC(=O)C=C)OC(=O)CC)cc6)CC5)c5ccccc35)SC(=C3C(=O)c5ccccc5C3=O)S4)CC2)cc1.CCC(C)=O. The highest BCUT2D eigenvalue weighted by Crippen LogP contribution is 2.62. The van der Waals surface area contributed by atoms with Gasteiger partial charge in [0.15, 0.2) is 29.2 Å². The molecule has 5 aromatic carbocycles. The van der Waals surface area contributed by atoms with Gasteiger partial charge in [0.2, 0.25) is 0 Å². The Morgan fingerprint density at radius 1 is 0.506 bits per heavy atom. The number of thioether (sulfide) groups is 2. The zero-order chi connectivity index (χ0) is 63.7. The van der Waals surface area contributed by atoms with Crippen LogP contribution in [0.2, 0.25) is 0 Å². The minimum Gasteiger partial charge on any atom is -0.493 e. The van der Waals surface area contributed by atoms with Gasteiger partial charge in [0.05, 0.1) is 56.5 Å². The average Bonchev–Trinajstić information content (AvgIpc) is 1.67. The second kappa shape index (κ2) is 31.4. The summed E-state index contributed by atoms with van der Waals surface area (Å²) in [5.74, 6) is -4.63. The number of hydrogen-bond acceptors (Lipinski definition) is 21. The van der Waals surface area contributed by atoms with E-state index in [4.69, 9.17) is 42.6 Å². The minimum atomic E-state index is -0.870. The third-order valence-electron chi connectivity index (χ3n) is 15.1. The highest BCUT2D eigenvalue weighted by Gasteiger charge is 2.42. The van der Waals surface area contributed by atoms with Crippen LogP contribution in [0.25, 0.3) is 10.8 Å². The van der Waals surface area contributed by atoms with Gasteiger partial charge in [-0.05, 0) is 107 Å². The van der Waals surface area contributed by atoms with E-state index in [1.54, 1.807) is 111 Å². The first-order chi connectivity index (χ1) is 42.9. The predicted molar refractivity (Wildman–Crippen MR) is 328 cm³/mol. The largest absolute Gasteiger partial charge is 0.493 e. The lowest BCUT2D eigenvalue weighted by Gasteiger charge is -2.27. The zero-order valence-electron chi connectivity index (χ0n) is 49.7. The fraction of sp³-hybridized carbons (Fsp3) is 0.353. The number of ketones is 3. The Balaban J connectivity index is 0.00000197. The lowest BCUT2D eigenvalue weighted by molar-refractivity contribution is -0.158. The van der Waals surface area contributed by atoms with Gasteiger partial charge >= 0.3 is 41.8 Å². The monoisotopic (exact) mass is 1250 g/mol. The number of Topliss-reactive ketones (excluding diaryl/α,β-unsaturated/α-hetero) is 3. The summed E-state index contributed by atoms with van der Waals surface area (Å²) in [5, 5.41) is 0.907. The number of allylic oxidation sites excluding steroid dienone is 1. The molecule has 1 heterocycles. The van der Waals surface area contributed by atoms with Gasteiger partial charge in [0.25, 0.3) is 0 Å². The number of esters is 7. The summed E-state index contributed by atoms with van der Waals surface area (Å²) < 4.78 is 51.5. The molecule has 0 saturated heterocycles. The number of ether oxygens (including phenoxy) is 9. The highest BCUT2D eigenvalue weighted by molar-refractivity contribution is 8.25. The maximum atomic E-state index is 14.3. The van der Waals surface area contributed by atoms with E-state index in [2.05, 4.69) is 13.2 Å². The molecule has 5 aromatic rings. The Morgan fingerprint density at radius 3 is 1.27 bits per heavy atom. The van der Waals surface area contributed by atoms with Crippen LogP contribution in [0.15, 0.2) is 142 Å². The van der Waals surface area contributed by atoms with Gasteiger partial charge in [-0.3, -0.25) is 33.6 Å². The van der Waals surface area contributed by atoms with Crippen LogP contribution in [0.4, 0.5) is 0 Å². The van der Waals surface area contributed by atoms with Gasteiger partial charge in [-0.2, -0.15) is 0 Å². The lowest BCUT2D eigenvalue weighted by atomic mass is 9.82. The second-order valence-corrected chi connectivity index (χ2v) is 23.9. The first-order valence-corrected chi connectivity index (χ1v) is 31.0. The van der Waals surface area contributed by atoms with Crippen molar-refractivity contribution in [3.8, 4) is 34.5 Å². The molecule has 0 amide bonds. The third kappa shape index (κ3) is 17.3. The van der Waals surface area contributed by atoms with Gasteiger partial charge in [-0.15, -0.1) is 0 Å². The van der Waals surface area contributed by atoms with Crippen molar-refractivity contribution in [2.45, 2.75) is 108 Å². The molecule has 3 aliphatic carbocycles. The third-order valence-corrected chi connectivity index (χ3v) is 17.7. The molecule has 0 bridgehead atoms. The summed E-state index contributed by atoms with van der Waals surface area (Å²) in [6.07, 6.45) is 4.71. The zero-order valence-corrected chi connectivity index (χ0v) is 51.4. The minimum absolute atomic E-state index is 0.0363. The number of fused-ring (bicyclic) bond motifs is 3. The lowest BCUT2D eigenvalue weighted by Crippen LogP contribution is -2.31. The highest BCUT2D eigenvalue weighted by atomic mass is 32.2. The van der Waals surface area contributed by atoms with Crippen LogP contribution in [0.5, 0.6) is 34.5 Å². The van der Waals surface area contributed by atoms with Crippen LogP contribution < -0.4 is 28.4 Å². The molecule has 2 unspecified atom stereocenters. The van der Waals surface area contributed by atoms with E-state index in [1.165, 1.54) is 0 Å². The molecule has 0 N–H and O–H groups in total. The summed E-state index contributed by atoms with van der Waals surface area (Å²) in [5.41, 5.74) is 0.509. The summed E-state index contributed by atoms with van der Waals surface area (Å²) in [6, 6.07) is 26.4. The van der Waals surface area contributed by atoms with Crippen molar-refractivity contribution in [2.24, 2.45) is 29.6 Å². The van der Waals surface area contributed by atoms with E-state index < -0.39 is 83.1 Å². The number of benzene rings is 5. The number of rotatable bonds is 23. The molecule has 2 saturated carbocycles. The molecule has 1 aliphatic heterocycles. The van der Waals surface area contributed by atoms with Crippen LogP contribution in [-0.4, -0.2) is 91.7 Å². The molecule has 19 nitrogen and oxygen atoms in total. The normalized spacial score (nSPS) is 18.1. The van der Waals surface area contributed by atoms with E-state index in [0.29, 0.717) is 106 Å². The first kappa shape index (κ1) is 66.1. The second-order valence-electron chi connectivity index (χ2n) is 21.6. The van der Waals surface area contributed by atoms with Crippen molar-refractivity contribution in [1.82, 2.24) is 0 Å².